The fourth-order valence-corrected chi connectivity index (χ4v) is 3.06. The third kappa shape index (κ3) is 3.72. The average molecular weight is 298 g/mol. The molecule has 0 unspecified atom stereocenters. The summed E-state index contributed by atoms with van der Waals surface area (Å²) in [6.07, 6.45) is 6.97. The Morgan fingerprint density at radius 1 is 1.30 bits per heavy atom. The molecule has 0 N–H and O–H groups in total. The lowest BCUT2D eigenvalue weighted by atomic mass is 10.1. The summed E-state index contributed by atoms with van der Waals surface area (Å²) in [5, 5.41) is 0.326. The van der Waals surface area contributed by atoms with Gasteiger partial charge in [0.2, 0.25) is 5.91 Å². The van der Waals surface area contributed by atoms with Gasteiger partial charge in [-0.05, 0) is 25.0 Å². The molecule has 1 aromatic carbocycles. The Labute approximate surface area is 124 Å². The molecule has 0 aromatic heterocycles. The van der Waals surface area contributed by atoms with E-state index in [-0.39, 0.29) is 18.4 Å². The molecule has 2 nitrogen and oxygen atoms in total. The molecule has 0 aliphatic heterocycles. The standard InChI is InChI=1S/C16H21ClFNO/c1-19(12-7-4-2-3-5-8-12)16(20)11-13-14(17)9-6-10-15(13)18/h6,9-10,12H,2-5,7-8,11H2,1H3. The summed E-state index contributed by atoms with van der Waals surface area (Å²) in [7, 11) is 1.83. The minimum Gasteiger partial charge on any atom is -0.342 e. The fraction of sp³-hybridized carbons (Fsp3) is 0.562. The number of carbonyl (C=O) groups excluding carboxylic acids is 1. The molecule has 1 fully saturated rings. The first kappa shape index (κ1) is 15.3. The van der Waals surface area contributed by atoms with Crippen LogP contribution in [0.25, 0.3) is 0 Å². The number of likely N-dealkylation sites (N-methyl/N-ethyl adjacent to an activating group) is 1. The number of rotatable bonds is 3. The second-order valence-corrected chi connectivity index (χ2v) is 5.93. The fourth-order valence-electron chi connectivity index (χ4n) is 2.83. The van der Waals surface area contributed by atoms with Gasteiger partial charge >= 0.3 is 0 Å². The molecule has 1 amide bonds. The van der Waals surface area contributed by atoms with Gasteiger partial charge in [-0.2, -0.15) is 0 Å². The molecule has 110 valence electrons. The zero-order chi connectivity index (χ0) is 14.5. The molecule has 0 heterocycles. The molecule has 4 heteroatoms. The van der Waals surface area contributed by atoms with Gasteiger partial charge in [0.25, 0.3) is 0 Å². The molecule has 0 spiro atoms. The van der Waals surface area contributed by atoms with Gasteiger partial charge in [-0.15, -0.1) is 0 Å². The molecule has 1 aliphatic carbocycles. The Kier molecular flexibility index (Phi) is 5.41. The molecule has 1 saturated carbocycles. The highest BCUT2D eigenvalue weighted by Crippen LogP contribution is 2.24. The van der Waals surface area contributed by atoms with Crippen LogP contribution in [0, 0.1) is 5.82 Å². The van der Waals surface area contributed by atoms with Crippen molar-refractivity contribution in [2.24, 2.45) is 0 Å². The molecular formula is C16H21ClFNO. The van der Waals surface area contributed by atoms with Crippen molar-refractivity contribution in [3.8, 4) is 0 Å². The summed E-state index contributed by atoms with van der Waals surface area (Å²) >= 11 is 5.98. The smallest absolute Gasteiger partial charge is 0.227 e. The molecule has 0 saturated heterocycles. The number of halogens is 2. The van der Waals surface area contributed by atoms with Gasteiger partial charge in [-0.3, -0.25) is 4.79 Å². The third-order valence-electron chi connectivity index (χ3n) is 4.16. The number of carbonyl (C=O) groups is 1. The van der Waals surface area contributed by atoms with Crippen LogP contribution in [0.5, 0.6) is 0 Å². The zero-order valence-electron chi connectivity index (χ0n) is 11.9. The van der Waals surface area contributed by atoms with E-state index in [2.05, 4.69) is 0 Å². The summed E-state index contributed by atoms with van der Waals surface area (Å²) in [6.45, 7) is 0. The van der Waals surface area contributed by atoms with E-state index < -0.39 is 5.82 Å². The largest absolute Gasteiger partial charge is 0.342 e. The highest BCUT2D eigenvalue weighted by molar-refractivity contribution is 6.31. The Morgan fingerprint density at radius 2 is 1.95 bits per heavy atom. The van der Waals surface area contributed by atoms with Crippen molar-refractivity contribution < 1.29 is 9.18 Å². The van der Waals surface area contributed by atoms with Gasteiger partial charge in [0.05, 0.1) is 6.42 Å². The summed E-state index contributed by atoms with van der Waals surface area (Å²) in [6, 6.07) is 4.82. The molecule has 0 atom stereocenters. The van der Waals surface area contributed by atoms with Crippen LogP contribution in [0.3, 0.4) is 0 Å². The molecule has 0 radical (unpaired) electrons. The van der Waals surface area contributed by atoms with Crippen molar-refractivity contribution in [3.63, 3.8) is 0 Å². The highest BCUT2D eigenvalue weighted by atomic mass is 35.5. The van der Waals surface area contributed by atoms with Gasteiger partial charge in [0, 0.05) is 23.7 Å². The van der Waals surface area contributed by atoms with Crippen molar-refractivity contribution in [2.45, 2.75) is 51.0 Å². The summed E-state index contributed by atoms with van der Waals surface area (Å²) < 4.78 is 13.7. The van der Waals surface area contributed by atoms with Crippen molar-refractivity contribution in [1.29, 1.82) is 0 Å². The van der Waals surface area contributed by atoms with E-state index in [1.807, 2.05) is 7.05 Å². The molecule has 1 aliphatic rings. The number of benzene rings is 1. The van der Waals surface area contributed by atoms with Crippen LogP contribution in [-0.4, -0.2) is 23.9 Å². The van der Waals surface area contributed by atoms with Crippen molar-refractivity contribution in [2.75, 3.05) is 7.05 Å². The summed E-state index contributed by atoms with van der Waals surface area (Å²) in [4.78, 5) is 14.1. The third-order valence-corrected chi connectivity index (χ3v) is 4.51. The normalized spacial score (nSPS) is 16.8. The van der Waals surface area contributed by atoms with Gasteiger partial charge in [0.15, 0.2) is 0 Å². The maximum Gasteiger partial charge on any atom is 0.227 e. The van der Waals surface area contributed by atoms with Gasteiger partial charge in [-0.1, -0.05) is 43.4 Å². The maximum absolute atomic E-state index is 13.7. The minimum atomic E-state index is -0.403. The van der Waals surface area contributed by atoms with E-state index in [4.69, 9.17) is 11.6 Å². The van der Waals surface area contributed by atoms with E-state index in [1.54, 1.807) is 17.0 Å². The van der Waals surface area contributed by atoms with E-state index >= 15 is 0 Å². The lowest BCUT2D eigenvalue weighted by Gasteiger charge is -2.27. The average Bonchev–Trinajstić information content (AvgIpc) is 2.71. The van der Waals surface area contributed by atoms with Crippen LogP contribution < -0.4 is 0 Å². The molecular weight excluding hydrogens is 277 g/mol. The first-order chi connectivity index (χ1) is 9.59. The van der Waals surface area contributed by atoms with Crippen LogP contribution in [0.1, 0.15) is 44.1 Å². The topological polar surface area (TPSA) is 20.3 Å². The predicted molar refractivity (Wildman–Crippen MR) is 79.4 cm³/mol. The van der Waals surface area contributed by atoms with E-state index in [1.165, 1.54) is 31.7 Å². The minimum absolute atomic E-state index is 0.0402. The lowest BCUT2D eigenvalue weighted by molar-refractivity contribution is -0.131. The first-order valence-corrected chi connectivity index (χ1v) is 7.66. The van der Waals surface area contributed by atoms with Gasteiger partial charge < -0.3 is 4.90 Å². The van der Waals surface area contributed by atoms with Crippen LogP contribution >= 0.6 is 11.6 Å². The van der Waals surface area contributed by atoms with Crippen LogP contribution in [-0.2, 0) is 11.2 Å². The van der Waals surface area contributed by atoms with E-state index in [0.717, 1.165) is 12.8 Å². The Bertz CT molecular complexity index is 449. The first-order valence-electron chi connectivity index (χ1n) is 7.28. The molecule has 2 rings (SSSR count). The van der Waals surface area contributed by atoms with E-state index in [0.29, 0.717) is 10.6 Å². The van der Waals surface area contributed by atoms with Crippen molar-refractivity contribution in [3.05, 3.63) is 34.6 Å². The monoisotopic (exact) mass is 297 g/mol. The summed E-state index contributed by atoms with van der Waals surface area (Å²) in [5.74, 6) is -0.455. The van der Waals surface area contributed by atoms with Crippen molar-refractivity contribution >= 4 is 17.5 Å². The van der Waals surface area contributed by atoms with Crippen molar-refractivity contribution in [1.82, 2.24) is 4.90 Å². The maximum atomic E-state index is 13.7. The Morgan fingerprint density at radius 3 is 2.55 bits per heavy atom. The number of amides is 1. The number of hydrogen-bond acceptors (Lipinski definition) is 1. The Hall–Kier alpha value is -1.09. The van der Waals surface area contributed by atoms with Crippen LogP contribution in [0.4, 0.5) is 4.39 Å². The van der Waals surface area contributed by atoms with Crippen LogP contribution in [0.15, 0.2) is 18.2 Å². The molecule has 20 heavy (non-hydrogen) atoms. The zero-order valence-corrected chi connectivity index (χ0v) is 12.6. The number of nitrogens with zero attached hydrogens (tertiary/aromatic N) is 1. The molecule has 1 aromatic rings. The van der Waals surface area contributed by atoms with Crippen LogP contribution in [0.2, 0.25) is 5.02 Å². The SMILES string of the molecule is CN(C(=O)Cc1c(F)cccc1Cl)C1CCCCCC1. The molecule has 0 bridgehead atoms. The van der Waals surface area contributed by atoms with E-state index in [9.17, 15) is 9.18 Å². The lowest BCUT2D eigenvalue weighted by Crippen LogP contribution is -2.37. The van der Waals surface area contributed by atoms with Gasteiger partial charge in [-0.25, -0.2) is 4.39 Å². The predicted octanol–water partition coefficient (Wildman–Crippen LogP) is 4.20. The number of hydrogen-bond donors (Lipinski definition) is 0. The summed E-state index contributed by atoms with van der Waals surface area (Å²) in [5.41, 5.74) is 0.305. The highest BCUT2D eigenvalue weighted by Gasteiger charge is 2.22. The second kappa shape index (κ2) is 7.07. The quantitative estimate of drug-likeness (QED) is 0.766. The van der Waals surface area contributed by atoms with Gasteiger partial charge in [0.1, 0.15) is 5.82 Å². The second-order valence-electron chi connectivity index (χ2n) is 5.53. The Balaban J connectivity index is 2.03.